The third-order valence-corrected chi connectivity index (χ3v) is 11.0. The van der Waals surface area contributed by atoms with Crippen LogP contribution in [0.2, 0.25) is 6.55 Å². The smallest absolute Gasteiger partial charge is 0.277 e. The number of hydrogen-bond donors (Lipinski definition) is 0. The summed E-state index contributed by atoms with van der Waals surface area (Å²) in [6.07, 6.45) is 10.7. The molecule has 0 saturated heterocycles. The first kappa shape index (κ1) is 28.2. The second-order valence-corrected chi connectivity index (χ2v) is 12.7. The van der Waals surface area contributed by atoms with Crippen molar-refractivity contribution in [1.82, 2.24) is 0 Å². The number of rotatable bonds is 18. The van der Waals surface area contributed by atoms with Crippen LogP contribution >= 0.6 is 0 Å². The third kappa shape index (κ3) is 7.77. The highest BCUT2D eigenvalue weighted by Crippen LogP contribution is 2.30. The maximum absolute atomic E-state index is 13.8. The molecule has 3 nitrogen and oxygen atoms in total. The van der Waals surface area contributed by atoms with Gasteiger partial charge in [-0.1, -0.05) is 80.1 Å². The fourth-order valence-corrected chi connectivity index (χ4v) is 8.73. The van der Waals surface area contributed by atoms with Gasteiger partial charge in [-0.15, -0.1) is 0 Å². The molecule has 3 atom stereocenters. The summed E-state index contributed by atoms with van der Waals surface area (Å²) in [5.74, 6) is -0.398. The molecule has 0 amide bonds. The van der Waals surface area contributed by atoms with E-state index in [-0.39, 0.29) is 34.0 Å². The Bertz CT molecular complexity index is 431. The van der Waals surface area contributed by atoms with Crippen molar-refractivity contribution in [3.63, 3.8) is 0 Å². The molecular formula is C25H48O3Si. The standard InChI is InChI=1S/C25H48O3Si/c1-8-14-17-20(11-4)23(26)29(7,24(27)21(12-5)18-15-9-2)25(28)22(13-6)19-16-10-3/h20-22H,8-19H2,1-7H3. The molecule has 4 heteroatoms. The lowest BCUT2D eigenvalue weighted by Crippen LogP contribution is -2.62. The van der Waals surface area contributed by atoms with Gasteiger partial charge in [-0.3, -0.25) is 0 Å². The molecule has 170 valence electrons. The number of unbranched alkanes of at least 4 members (excludes halogenated alkanes) is 3. The van der Waals surface area contributed by atoms with Crippen LogP contribution in [-0.2, 0) is 14.4 Å². The Morgan fingerprint density at radius 3 is 0.966 bits per heavy atom. The molecule has 0 aliphatic rings. The molecule has 0 saturated carbocycles. The summed E-state index contributed by atoms with van der Waals surface area (Å²) < 4.78 is 0. The summed E-state index contributed by atoms with van der Waals surface area (Å²) in [7, 11) is -3.38. The molecular weight excluding hydrogens is 376 g/mol. The normalized spacial score (nSPS) is 16.7. The molecule has 0 rings (SSSR count). The zero-order valence-electron chi connectivity index (χ0n) is 20.4. The Hall–Kier alpha value is -0.773. The molecule has 0 fully saturated rings. The van der Waals surface area contributed by atoms with Crippen molar-refractivity contribution in [2.45, 2.75) is 125 Å². The number of carbonyl (C=O) groups is 3. The van der Waals surface area contributed by atoms with Crippen LogP contribution in [-0.4, -0.2) is 24.3 Å². The van der Waals surface area contributed by atoms with E-state index in [9.17, 15) is 14.4 Å². The van der Waals surface area contributed by atoms with Crippen molar-refractivity contribution in [2.24, 2.45) is 17.8 Å². The van der Waals surface area contributed by atoms with Gasteiger partial charge < -0.3 is 14.4 Å². The van der Waals surface area contributed by atoms with Crippen molar-refractivity contribution in [2.75, 3.05) is 0 Å². The first-order chi connectivity index (χ1) is 13.8. The summed E-state index contributed by atoms with van der Waals surface area (Å²) in [5.41, 5.74) is 0. The second-order valence-electron chi connectivity index (χ2n) is 8.96. The highest BCUT2D eigenvalue weighted by molar-refractivity contribution is 7.40. The van der Waals surface area contributed by atoms with Crippen molar-refractivity contribution >= 4 is 24.3 Å². The molecule has 0 spiro atoms. The average molecular weight is 425 g/mol. The van der Waals surface area contributed by atoms with Crippen LogP contribution in [0.15, 0.2) is 0 Å². The zero-order chi connectivity index (χ0) is 22.4. The highest BCUT2D eigenvalue weighted by Gasteiger charge is 2.55. The number of carbonyl (C=O) groups excluding carboxylic acids is 3. The van der Waals surface area contributed by atoms with E-state index in [2.05, 4.69) is 20.8 Å². The molecule has 3 unspecified atom stereocenters. The molecule has 0 aromatic rings. The van der Waals surface area contributed by atoms with Gasteiger partial charge in [0.25, 0.3) is 8.07 Å². The summed E-state index contributed by atoms with van der Waals surface area (Å²) in [6.45, 7) is 14.3. The van der Waals surface area contributed by atoms with Crippen molar-refractivity contribution in [3.05, 3.63) is 0 Å². The van der Waals surface area contributed by atoms with Gasteiger partial charge >= 0.3 is 0 Å². The molecule has 0 radical (unpaired) electrons. The van der Waals surface area contributed by atoms with Gasteiger partial charge in [0.1, 0.15) is 16.2 Å². The second kappa shape index (κ2) is 15.1. The van der Waals surface area contributed by atoms with E-state index >= 15 is 0 Å². The Balaban J connectivity index is 6.08. The summed E-state index contributed by atoms with van der Waals surface area (Å²) in [4.78, 5) is 41.4. The van der Waals surface area contributed by atoms with Gasteiger partial charge in [0, 0.05) is 17.8 Å². The van der Waals surface area contributed by atoms with E-state index in [1.54, 1.807) is 0 Å². The SMILES string of the molecule is CCCCC(CC)C(=O)[Si](C)(C(=O)C(CC)CCCC)C(=O)C(CC)CCCC. The van der Waals surface area contributed by atoms with E-state index in [0.717, 1.165) is 77.0 Å². The largest absolute Gasteiger partial charge is 0.304 e. The molecule has 0 aliphatic carbocycles. The first-order valence-electron chi connectivity index (χ1n) is 12.4. The molecule has 0 heterocycles. The lowest BCUT2D eigenvalue weighted by molar-refractivity contribution is -0.124. The van der Waals surface area contributed by atoms with E-state index < -0.39 is 8.07 Å². The zero-order valence-corrected chi connectivity index (χ0v) is 21.4. The van der Waals surface area contributed by atoms with Crippen LogP contribution in [0.1, 0.15) is 119 Å². The van der Waals surface area contributed by atoms with Gasteiger partial charge in [0.05, 0.1) is 0 Å². The van der Waals surface area contributed by atoms with Crippen LogP contribution in [0.4, 0.5) is 0 Å². The molecule has 0 bridgehead atoms. The predicted octanol–water partition coefficient (Wildman–Crippen LogP) is 7.04. The van der Waals surface area contributed by atoms with E-state index in [1.165, 1.54) is 0 Å². The fourth-order valence-electron chi connectivity index (χ4n) is 4.50. The fraction of sp³-hybridized carbons (Fsp3) is 0.880. The van der Waals surface area contributed by atoms with Crippen molar-refractivity contribution < 1.29 is 14.4 Å². The summed E-state index contributed by atoms with van der Waals surface area (Å²) in [6, 6.07) is 0. The van der Waals surface area contributed by atoms with Crippen molar-refractivity contribution in [3.8, 4) is 0 Å². The topological polar surface area (TPSA) is 51.2 Å². The van der Waals surface area contributed by atoms with E-state index in [4.69, 9.17) is 0 Å². The van der Waals surface area contributed by atoms with Crippen LogP contribution in [0.3, 0.4) is 0 Å². The van der Waals surface area contributed by atoms with Gasteiger partial charge in [-0.25, -0.2) is 0 Å². The van der Waals surface area contributed by atoms with Crippen LogP contribution in [0.5, 0.6) is 0 Å². The maximum Gasteiger partial charge on any atom is 0.277 e. The Morgan fingerprint density at radius 1 is 0.552 bits per heavy atom. The maximum atomic E-state index is 13.8. The Labute approximate surface area is 181 Å². The van der Waals surface area contributed by atoms with E-state index in [0.29, 0.717) is 0 Å². The molecule has 29 heavy (non-hydrogen) atoms. The van der Waals surface area contributed by atoms with Gasteiger partial charge in [0.15, 0.2) is 0 Å². The summed E-state index contributed by atoms with van der Waals surface area (Å²) >= 11 is 0. The lowest BCUT2D eigenvalue weighted by atomic mass is 10.00. The Kier molecular flexibility index (Phi) is 14.7. The third-order valence-electron chi connectivity index (χ3n) is 6.79. The highest BCUT2D eigenvalue weighted by atomic mass is 28.3. The molecule has 0 aromatic heterocycles. The number of hydrogen-bond acceptors (Lipinski definition) is 3. The minimum atomic E-state index is -3.38. The first-order valence-corrected chi connectivity index (χ1v) is 14.9. The average Bonchev–Trinajstić information content (AvgIpc) is 2.74. The lowest BCUT2D eigenvalue weighted by Gasteiger charge is -2.33. The monoisotopic (exact) mass is 424 g/mol. The summed E-state index contributed by atoms with van der Waals surface area (Å²) in [5, 5.41) is 0.107. The van der Waals surface area contributed by atoms with Gasteiger partial charge in [-0.05, 0) is 45.1 Å². The predicted molar refractivity (Wildman–Crippen MR) is 127 cm³/mol. The van der Waals surface area contributed by atoms with Crippen LogP contribution in [0, 0.1) is 17.8 Å². The molecule has 0 aromatic carbocycles. The van der Waals surface area contributed by atoms with Crippen LogP contribution < -0.4 is 0 Å². The minimum absolute atomic E-state index is 0.0355. The van der Waals surface area contributed by atoms with Crippen LogP contribution in [0.25, 0.3) is 0 Å². The van der Waals surface area contributed by atoms with Gasteiger partial charge in [-0.2, -0.15) is 0 Å². The molecule has 0 N–H and O–H groups in total. The Morgan fingerprint density at radius 2 is 0.793 bits per heavy atom. The van der Waals surface area contributed by atoms with E-state index in [1.807, 2.05) is 27.3 Å². The van der Waals surface area contributed by atoms with Gasteiger partial charge in [0.2, 0.25) is 0 Å². The van der Waals surface area contributed by atoms with Crippen molar-refractivity contribution in [1.29, 1.82) is 0 Å². The molecule has 0 aliphatic heterocycles. The quantitative estimate of drug-likeness (QED) is 0.222. The minimum Gasteiger partial charge on any atom is -0.304 e.